The summed E-state index contributed by atoms with van der Waals surface area (Å²) in [7, 11) is 0. The fourth-order valence-electron chi connectivity index (χ4n) is 8.81. The maximum Gasteiger partial charge on any atom is 0.164 e. The largest absolute Gasteiger partial charge is 0.455 e. The van der Waals surface area contributed by atoms with E-state index in [0.29, 0.717) is 17.5 Å². The molecule has 0 aliphatic heterocycles. The highest BCUT2D eigenvalue weighted by molar-refractivity contribution is 6.31. The van der Waals surface area contributed by atoms with Crippen LogP contribution in [0.15, 0.2) is 186 Å². The first kappa shape index (κ1) is 30.8. The Labute approximate surface area is 321 Å². The van der Waals surface area contributed by atoms with E-state index in [2.05, 4.69) is 126 Å². The summed E-state index contributed by atoms with van der Waals surface area (Å²) in [4.78, 5) is 15.2. The topological polar surface area (TPSA) is 56.7 Å². The Morgan fingerprint density at radius 2 is 0.929 bits per heavy atom. The van der Waals surface area contributed by atoms with Crippen LogP contribution in [0, 0.1) is 0 Å². The monoisotopic (exact) mass is 714 g/mol. The Kier molecular flexibility index (Phi) is 6.56. The summed E-state index contributed by atoms with van der Waals surface area (Å²) in [5, 5.41) is 5.75. The third-order valence-corrected chi connectivity index (χ3v) is 11.2. The summed E-state index contributed by atoms with van der Waals surface area (Å²) < 4.78 is 9.26. The Hall–Kier alpha value is -7.63. The van der Waals surface area contributed by atoms with E-state index in [-0.39, 0.29) is 0 Å². The van der Waals surface area contributed by atoms with Gasteiger partial charge < -0.3 is 8.98 Å². The molecular formula is C51H30N4O. The van der Waals surface area contributed by atoms with Gasteiger partial charge in [-0.1, -0.05) is 152 Å². The van der Waals surface area contributed by atoms with Crippen LogP contribution in [-0.4, -0.2) is 19.5 Å². The van der Waals surface area contributed by atoms with Crippen LogP contribution in [0.1, 0.15) is 0 Å². The van der Waals surface area contributed by atoms with Gasteiger partial charge in [0.2, 0.25) is 0 Å². The van der Waals surface area contributed by atoms with Crippen LogP contribution >= 0.6 is 0 Å². The highest BCUT2D eigenvalue weighted by Crippen LogP contribution is 2.53. The van der Waals surface area contributed by atoms with Crippen LogP contribution in [-0.2, 0) is 0 Å². The first-order valence-corrected chi connectivity index (χ1v) is 18.9. The third-order valence-electron chi connectivity index (χ3n) is 11.2. The molecule has 5 heteroatoms. The minimum absolute atomic E-state index is 0.633. The second-order valence-electron chi connectivity index (χ2n) is 14.3. The molecule has 0 saturated heterocycles. The molecule has 0 N–H and O–H groups in total. The van der Waals surface area contributed by atoms with Gasteiger partial charge in [-0.2, -0.15) is 0 Å². The van der Waals surface area contributed by atoms with Gasteiger partial charge in [0.1, 0.15) is 11.3 Å². The Morgan fingerprint density at radius 3 is 1.64 bits per heavy atom. The fraction of sp³-hybridized carbons (Fsp3) is 0. The molecule has 3 heterocycles. The smallest absolute Gasteiger partial charge is 0.164 e. The maximum atomic E-state index is 6.82. The van der Waals surface area contributed by atoms with Crippen LogP contribution in [0.3, 0.4) is 0 Å². The molecule has 8 aromatic carbocycles. The zero-order chi connectivity index (χ0) is 36.7. The zero-order valence-corrected chi connectivity index (χ0v) is 30.0. The molecule has 260 valence electrons. The molecule has 5 nitrogen and oxygen atoms in total. The number of nitrogens with zero attached hydrogens (tertiary/aromatic N) is 4. The molecule has 56 heavy (non-hydrogen) atoms. The zero-order valence-electron chi connectivity index (χ0n) is 30.0. The lowest BCUT2D eigenvalue weighted by molar-refractivity contribution is 0.632. The minimum atomic E-state index is 0.633. The number of hydrogen-bond donors (Lipinski definition) is 0. The summed E-state index contributed by atoms with van der Waals surface area (Å²) >= 11 is 0. The van der Waals surface area contributed by atoms with Crippen LogP contribution in [0.4, 0.5) is 0 Å². The molecule has 11 aromatic rings. The van der Waals surface area contributed by atoms with Crippen molar-refractivity contribution in [2.24, 2.45) is 0 Å². The van der Waals surface area contributed by atoms with Crippen molar-refractivity contribution in [2.45, 2.75) is 0 Å². The average molecular weight is 715 g/mol. The van der Waals surface area contributed by atoms with Crippen molar-refractivity contribution >= 4 is 43.5 Å². The van der Waals surface area contributed by atoms with Gasteiger partial charge in [-0.3, -0.25) is 0 Å². The lowest BCUT2D eigenvalue weighted by Gasteiger charge is -2.16. The summed E-state index contributed by atoms with van der Waals surface area (Å²) in [6, 6.07) is 63.6. The Bertz CT molecular complexity index is 3290. The van der Waals surface area contributed by atoms with E-state index >= 15 is 0 Å². The molecule has 0 unspecified atom stereocenters. The molecule has 0 atom stereocenters. The van der Waals surface area contributed by atoms with Gasteiger partial charge in [-0.05, 0) is 52.4 Å². The molecule has 0 radical (unpaired) electrons. The van der Waals surface area contributed by atoms with Crippen LogP contribution in [0.5, 0.6) is 0 Å². The number of hydrogen-bond acceptors (Lipinski definition) is 4. The molecule has 3 aromatic heterocycles. The summed E-state index contributed by atoms with van der Waals surface area (Å²) in [6.07, 6.45) is 0. The standard InChI is InChI=1S/C51H30N4O/c1-4-15-31(16-5-1)48-45-38-24-13-11-22-35(38)37-25-14-26-41-44(37)46-42(29-30-43(56-48)47(45)46)55(41)40-28-27-39(34-21-10-12-23-36(34)40)51-53-49(32-17-6-2-7-18-32)52-50(54-51)33-19-8-3-9-20-33/h1-30H. The van der Waals surface area contributed by atoms with Crippen molar-refractivity contribution in [3.63, 3.8) is 0 Å². The van der Waals surface area contributed by atoms with E-state index in [9.17, 15) is 0 Å². The number of fused-ring (bicyclic) bond motifs is 4. The van der Waals surface area contributed by atoms with Crippen LogP contribution in [0.25, 0.3) is 117 Å². The molecule has 0 fully saturated rings. The van der Waals surface area contributed by atoms with E-state index in [0.717, 1.165) is 72.0 Å². The summed E-state index contributed by atoms with van der Waals surface area (Å²) in [5.74, 6) is 2.81. The van der Waals surface area contributed by atoms with Gasteiger partial charge >= 0.3 is 0 Å². The molecule has 12 rings (SSSR count). The van der Waals surface area contributed by atoms with E-state index in [4.69, 9.17) is 19.4 Å². The minimum Gasteiger partial charge on any atom is -0.455 e. The summed E-state index contributed by atoms with van der Waals surface area (Å²) in [5.41, 5.74) is 12.9. The molecule has 0 amide bonds. The van der Waals surface area contributed by atoms with Gasteiger partial charge in [0, 0.05) is 49.4 Å². The third kappa shape index (κ3) is 4.46. The van der Waals surface area contributed by atoms with Crippen molar-refractivity contribution in [3.8, 4) is 73.4 Å². The number of aromatic nitrogens is 4. The second kappa shape index (κ2) is 11.9. The number of furan rings is 1. The molecule has 0 bridgehead atoms. The predicted octanol–water partition coefficient (Wildman–Crippen LogP) is 13.2. The van der Waals surface area contributed by atoms with Gasteiger partial charge in [-0.15, -0.1) is 0 Å². The summed E-state index contributed by atoms with van der Waals surface area (Å²) in [6.45, 7) is 0. The van der Waals surface area contributed by atoms with E-state index in [1.54, 1.807) is 0 Å². The fourth-order valence-corrected chi connectivity index (χ4v) is 8.81. The maximum absolute atomic E-state index is 6.82. The van der Waals surface area contributed by atoms with Crippen molar-refractivity contribution < 1.29 is 4.42 Å². The molecule has 0 saturated carbocycles. The molecule has 1 aliphatic rings. The lowest BCUT2D eigenvalue weighted by atomic mass is 9.93. The predicted molar refractivity (Wildman–Crippen MR) is 228 cm³/mol. The molecule has 0 spiro atoms. The van der Waals surface area contributed by atoms with Gasteiger partial charge in [0.15, 0.2) is 17.5 Å². The quantitative estimate of drug-likeness (QED) is 0.178. The van der Waals surface area contributed by atoms with E-state index in [1.807, 2.05) is 60.7 Å². The van der Waals surface area contributed by atoms with E-state index < -0.39 is 0 Å². The average Bonchev–Trinajstić information content (AvgIpc) is 3.79. The SMILES string of the molecule is c1ccc(-c2nc(-c3ccccc3)nc(-c3ccc(-n4c5cccc6c5c5c7c(c(-c8ccccc8)oc7ccc54)-c4ccccc4-6)c4ccccc34)n2)cc1. The van der Waals surface area contributed by atoms with Crippen LogP contribution in [0.2, 0.25) is 0 Å². The normalized spacial score (nSPS) is 11.9. The first-order chi connectivity index (χ1) is 27.8. The highest BCUT2D eigenvalue weighted by atomic mass is 16.3. The lowest BCUT2D eigenvalue weighted by Crippen LogP contribution is -2.01. The Morgan fingerprint density at radius 1 is 0.357 bits per heavy atom. The first-order valence-electron chi connectivity index (χ1n) is 18.9. The van der Waals surface area contributed by atoms with Crippen molar-refractivity contribution in [2.75, 3.05) is 0 Å². The van der Waals surface area contributed by atoms with Crippen molar-refractivity contribution in [1.29, 1.82) is 0 Å². The molecular weight excluding hydrogens is 685 g/mol. The van der Waals surface area contributed by atoms with Gasteiger partial charge in [0.05, 0.1) is 16.7 Å². The second-order valence-corrected chi connectivity index (χ2v) is 14.3. The van der Waals surface area contributed by atoms with E-state index in [1.165, 1.54) is 27.5 Å². The number of rotatable bonds is 5. The van der Waals surface area contributed by atoms with Crippen molar-refractivity contribution in [1.82, 2.24) is 19.5 Å². The Balaban J connectivity index is 1.15. The molecule has 1 aliphatic carbocycles. The van der Waals surface area contributed by atoms with Crippen LogP contribution < -0.4 is 0 Å². The van der Waals surface area contributed by atoms with Gasteiger partial charge in [0.25, 0.3) is 0 Å². The number of benzene rings is 8. The van der Waals surface area contributed by atoms with Gasteiger partial charge in [-0.25, -0.2) is 15.0 Å². The highest BCUT2D eigenvalue weighted by Gasteiger charge is 2.30. The van der Waals surface area contributed by atoms with Crippen molar-refractivity contribution in [3.05, 3.63) is 182 Å².